The van der Waals surface area contributed by atoms with Crippen molar-refractivity contribution in [2.24, 2.45) is 0 Å². The summed E-state index contributed by atoms with van der Waals surface area (Å²) >= 11 is 0. The maximum absolute atomic E-state index is 12.8. The summed E-state index contributed by atoms with van der Waals surface area (Å²) in [7, 11) is 1.62. The van der Waals surface area contributed by atoms with Crippen LogP contribution in [0.3, 0.4) is 0 Å². The molecule has 2 aromatic rings. The maximum Gasteiger partial charge on any atom is 0.251 e. The third-order valence-corrected chi connectivity index (χ3v) is 2.94. The Hall–Kier alpha value is -2.36. The monoisotopic (exact) mass is 273 g/mol. The number of methoxy groups -OCH3 is 1. The van der Waals surface area contributed by atoms with Gasteiger partial charge in [-0.2, -0.15) is 0 Å². The summed E-state index contributed by atoms with van der Waals surface area (Å²) in [5.41, 5.74) is 1.54. The van der Waals surface area contributed by atoms with Gasteiger partial charge in [-0.3, -0.25) is 4.79 Å². The zero-order chi connectivity index (χ0) is 14.4. The minimum absolute atomic E-state index is 0.201. The second-order valence-corrected chi connectivity index (χ2v) is 4.36. The van der Waals surface area contributed by atoms with Crippen LogP contribution < -0.4 is 10.1 Å². The number of hydrogen-bond donors (Lipinski definition) is 1. The Kier molecular flexibility index (Phi) is 4.71. The number of nitrogens with one attached hydrogen (secondary N) is 1. The lowest BCUT2D eigenvalue weighted by Crippen LogP contribution is -2.25. The van der Waals surface area contributed by atoms with Gasteiger partial charge in [0.1, 0.15) is 11.6 Å². The number of amides is 1. The smallest absolute Gasteiger partial charge is 0.251 e. The first-order valence-electron chi connectivity index (χ1n) is 6.36. The molecule has 0 spiro atoms. The van der Waals surface area contributed by atoms with Crippen LogP contribution in [0, 0.1) is 5.82 Å². The highest BCUT2D eigenvalue weighted by Gasteiger charge is 2.04. The van der Waals surface area contributed by atoms with E-state index in [2.05, 4.69) is 5.32 Å². The Morgan fingerprint density at radius 3 is 2.65 bits per heavy atom. The van der Waals surface area contributed by atoms with Gasteiger partial charge in [0.05, 0.1) is 7.11 Å². The Morgan fingerprint density at radius 2 is 1.95 bits per heavy atom. The van der Waals surface area contributed by atoms with E-state index in [9.17, 15) is 9.18 Å². The molecule has 104 valence electrons. The first-order valence-corrected chi connectivity index (χ1v) is 6.36. The summed E-state index contributed by atoms with van der Waals surface area (Å²) in [5, 5.41) is 2.80. The molecule has 0 aliphatic heterocycles. The summed E-state index contributed by atoms with van der Waals surface area (Å²) in [4.78, 5) is 11.8. The van der Waals surface area contributed by atoms with Gasteiger partial charge in [-0.15, -0.1) is 0 Å². The van der Waals surface area contributed by atoms with Crippen LogP contribution in [0.1, 0.15) is 15.9 Å². The van der Waals surface area contributed by atoms with Crippen LogP contribution in [0.15, 0.2) is 48.5 Å². The summed E-state index contributed by atoms with van der Waals surface area (Å²) in [6.07, 6.45) is 0.712. The zero-order valence-corrected chi connectivity index (χ0v) is 11.2. The van der Waals surface area contributed by atoms with Crippen LogP contribution in [0.2, 0.25) is 0 Å². The van der Waals surface area contributed by atoms with Crippen molar-refractivity contribution in [3.63, 3.8) is 0 Å². The second kappa shape index (κ2) is 6.70. The van der Waals surface area contributed by atoms with Gasteiger partial charge in [-0.25, -0.2) is 4.39 Å². The lowest BCUT2D eigenvalue weighted by molar-refractivity contribution is 0.0954. The van der Waals surface area contributed by atoms with E-state index in [-0.39, 0.29) is 11.7 Å². The molecule has 0 aliphatic carbocycles. The highest BCUT2D eigenvalue weighted by molar-refractivity contribution is 5.94. The van der Waals surface area contributed by atoms with E-state index in [1.165, 1.54) is 24.3 Å². The van der Waals surface area contributed by atoms with Crippen molar-refractivity contribution in [1.29, 1.82) is 0 Å². The molecule has 2 aromatic carbocycles. The van der Waals surface area contributed by atoms with E-state index in [0.717, 1.165) is 11.3 Å². The van der Waals surface area contributed by atoms with Gasteiger partial charge in [0.2, 0.25) is 0 Å². The third-order valence-electron chi connectivity index (χ3n) is 2.94. The van der Waals surface area contributed by atoms with E-state index in [0.29, 0.717) is 18.5 Å². The molecule has 2 rings (SSSR count). The topological polar surface area (TPSA) is 38.3 Å². The molecule has 0 bridgehead atoms. The fourth-order valence-electron chi connectivity index (χ4n) is 1.85. The highest BCUT2D eigenvalue weighted by atomic mass is 19.1. The molecular weight excluding hydrogens is 257 g/mol. The quantitative estimate of drug-likeness (QED) is 0.909. The van der Waals surface area contributed by atoms with Gasteiger partial charge in [-0.05, 0) is 48.4 Å². The highest BCUT2D eigenvalue weighted by Crippen LogP contribution is 2.12. The average Bonchev–Trinajstić information content (AvgIpc) is 2.48. The molecule has 0 atom stereocenters. The molecule has 0 fully saturated rings. The van der Waals surface area contributed by atoms with Crippen molar-refractivity contribution >= 4 is 5.91 Å². The van der Waals surface area contributed by atoms with Gasteiger partial charge in [0.15, 0.2) is 0 Å². The van der Waals surface area contributed by atoms with Gasteiger partial charge < -0.3 is 10.1 Å². The minimum Gasteiger partial charge on any atom is -0.497 e. The molecule has 0 radical (unpaired) electrons. The maximum atomic E-state index is 12.8. The van der Waals surface area contributed by atoms with Crippen LogP contribution in [0.4, 0.5) is 4.39 Å². The summed E-state index contributed by atoms with van der Waals surface area (Å²) in [6.45, 7) is 0.517. The van der Waals surface area contributed by atoms with Crippen molar-refractivity contribution in [1.82, 2.24) is 5.32 Å². The van der Waals surface area contributed by atoms with Crippen molar-refractivity contribution in [3.8, 4) is 5.75 Å². The molecular formula is C16H16FNO2. The first-order chi connectivity index (χ1) is 9.69. The SMILES string of the molecule is COc1cccc(CCNC(=O)c2ccc(F)cc2)c1. The third kappa shape index (κ3) is 3.82. The Bertz CT molecular complexity index is 581. The van der Waals surface area contributed by atoms with Crippen molar-refractivity contribution < 1.29 is 13.9 Å². The molecule has 0 saturated carbocycles. The molecule has 20 heavy (non-hydrogen) atoms. The fraction of sp³-hybridized carbons (Fsp3) is 0.188. The molecule has 1 N–H and O–H groups in total. The van der Waals surface area contributed by atoms with Crippen LogP contribution >= 0.6 is 0 Å². The normalized spacial score (nSPS) is 10.1. The zero-order valence-electron chi connectivity index (χ0n) is 11.2. The number of ether oxygens (including phenoxy) is 1. The fourth-order valence-corrected chi connectivity index (χ4v) is 1.85. The second-order valence-electron chi connectivity index (χ2n) is 4.36. The van der Waals surface area contributed by atoms with E-state index in [1.54, 1.807) is 7.11 Å². The Balaban J connectivity index is 1.86. The molecule has 0 heterocycles. The van der Waals surface area contributed by atoms with Crippen LogP contribution in [-0.4, -0.2) is 19.6 Å². The molecule has 3 nitrogen and oxygen atoms in total. The molecule has 0 unspecified atom stereocenters. The number of carbonyl (C=O) groups is 1. The number of benzene rings is 2. The number of carbonyl (C=O) groups excluding carboxylic acids is 1. The lowest BCUT2D eigenvalue weighted by atomic mass is 10.1. The number of rotatable bonds is 5. The van der Waals surface area contributed by atoms with E-state index >= 15 is 0 Å². The van der Waals surface area contributed by atoms with Crippen molar-refractivity contribution in [2.45, 2.75) is 6.42 Å². The first kappa shape index (κ1) is 14.1. The standard InChI is InChI=1S/C16H16FNO2/c1-20-15-4-2-3-12(11-15)9-10-18-16(19)13-5-7-14(17)8-6-13/h2-8,11H,9-10H2,1H3,(H,18,19). The molecule has 0 aromatic heterocycles. The largest absolute Gasteiger partial charge is 0.497 e. The van der Waals surface area contributed by atoms with Crippen LogP contribution in [-0.2, 0) is 6.42 Å². The van der Waals surface area contributed by atoms with E-state index in [4.69, 9.17) is 4.74 Å². The van der Waals surface area contributed by atoms with Gasteiger partial charge in [0, 0.05) is 12.1 Å². The molecule has 4 heteroatoms. The van der Waals surface area contributed by atoms with Gasteiger partial charge >= 0.3 is 0 Å². The number of hydrogen-bond acceptors (Lipinski definition) is 2. The average molecular weight is 273 g/mol. The Morgan fingerprint density at radius 1 is 1.20 bits per heavy atom. The van der Waals surface area contributed by atoms with Crippen molar-refractivity contribution in [2.75, 3.05) is 13.7 Å². The lowest BCUT2D eigenvalue weighted by Gasteiger charge is -2.07. The predicted octanol–water partition coefficient (Wildman–Crippen LogP) is 2.81. The van der Waals surface area contributed by atoms with Gasteiger partial charge in [-0.1, -0.05) is 12.1 Å². The summed E-state index contributed by atoms with van der Waals surface area (Å²) in [6, 6.07) is 13.2. The van der Waals surface area contributed by atoms with Gasteiger partial charge in [0.25, 0.3) is 5.91 Å². The predicted molar refractivity (Wildman–Crippen MR) is 75.4 cm³/mol. The van der Waals surface area contributed by atoms with Crippen molar-refractivity contribution in [3.05, 3.63) is 65.5 Å². The van der Waals surface area contributed by atoms with Crippen LogP contribution in [0.25, 0.3) is 0 Å². The Labute approximate surface area is 117 Å². The molecule has 1 amide bonds. The minimum atomic E-state index is -0.349. The summed E-state index contributed by atoms with van der Waals surface area (Å²) < 4.78 is 17.9. The molecule has 0 aliphatic rings. The van der Waals surface area contributed by atoms with E-state index in [1.807, 2.05) is 24.3 Å². The number of halogens is 1. The molecule has 0 saturated heterocycles. The van der Waals surface area contributed by atoms with Crippen LogP contribution in [0.5, 0.6) is 5.75 Å². The summed E-state index contributed by atoms with van der Waals surface area (Å²) in [5.74, 6) is 0.248. The van der Waals surface area contributed by atoms with E-state index < -0.39 is 0 Å².